The lowest BCUT2D eigenvalue weighted by Gasteiger charge is -2.35. The summed E-state index contributed by atoms with van der Waals surface area (Å²) < 4.78 is 5.34. The van der Waals surface area contributed by atoms with Gasteiger partial charge in [-0.05, 0) is 33.1 Å². The van der Waals surface area contributed by atoms with Crippen molar-refractivity contribution in [2.45, 2.75) is 44.5 Å². The first kappa shape index (κ1) is 12.8. The van der Waals surface area contributed by atoms with E-state index in [9.17, 15) is 4.79 Å². The molecule has 15 heavy (non-hydrogen) atoms. The molecule has 1 rings (SSSR count). The third kappa shape index (κ3) is 4.41. The summed E-state index contributed by atoms with van der Waals surface area (Å²) in [5.74, 6) is 0.538. The quantitative estimate of drug-likeness (QED) is 0.637. The number of ether oxygens (including phenoxy) is 1. The predicted octanol–water partition coefficient (Wildman–Crippen LogP) is 3.03. The lowest BCUT2D eigenvalue weighted by Crippen LogP contribution is -2.45. The molecule has 88 valence electrons. The predicted molar refractivity (Wildman–Crippen MR) is 64.3 cm³/mol. The monoisotopic (exact) mass is 277 g/mol. The molecule has 0 saturated carbocycles. The fourth-order valence-electron chi connectivity index (χ4n) is 1.75. The van der Waals surface area contributed by atoms with Crippen molar-refractivity contribution < 1.29 is 9.53 Å². The van der Waals surface area contributed by atoms with Gasteiger partial charge in [0, 0.05) is 17.9 Å². The third-order valence-electron chi connectivity index (χ3n) is 2.26. The van der Waals surface area contributed by atoms with Gasteiger partial charge in [0.2, 0.25) is 0 Å². The zero-order valence-corrected chi connectivity index (χ0v) is 11.5. The molecule has 0 spiro atoms. The second-order valence-corrected chi connectivity index (χ2v) is 6.62. The number of hydrogen-bond acceptors (Lipinski definition) is 2. The Bertz CT molecular complexity index is 227. The van der Waals surface area contributed by atoms with Gasteiger partial charge in [0.05, 0.1) is 0 Å². The minimum absolute atomic E-state index is 0.196. The Morgan fingerprint density at radius 3 is 2.47 bits per heavy atom. The van der Waals surface area contributed by atoms with Crippen LogP contribution >= 0.6 is 15.9 Å². The van der Waals surface area contributed by atoms with Crippen LogP contribution in [0.5, 0.6) is 0 Å². The van der Waals surface area contributed by atoms with Gasteiger partial charge in [-0.1, -0.05) is 22.9 Å². The summed E-state index contributed by atoms with van der Waals surface area (Å²) in [6, 6.07) is 0. The van der Waals surface area contributed by atoms with Gasteiger partial charge in [-0.15, -0.1) is 0 Å². The zero-order chi connectivity index (χ0) is 11.6. The fraction of sp³-hybridized carbons (Fsp3) is 0.909. The first-order chi connectivity index (χ1) is 6.78. The van der Waals surface area contributed by atoms with Crippen molar-refractivity contribution in [2.75, 3.05) is 13.1 Å². The van der Waals surface area contributed by atoms with Crippen LogP contribution in [0, 0.1) is 5.92 Å². The van der Waals surface area contributed by atoms with Crippen molar-refractivity contribution >= 4 is 22.0 Å². The van der Waals surface area contributed by atoms with Crippen LogP contribution in [0.3, 0.4) is 0 Å². The Morgan fingerprint density at radius 1 is 1.40 bits per heavy atom. The van der Waals surface area contributed by atoms with Gasteiger partial charge in [-0.3, -0.25) is 0 Å². The molecule has 1 saturated heterocycles. The molecule has 0 aromatic carbocycles. The first-order valence-electron chi connectivity index (χ1n) is 5.40. The van der Waals surface area contributed by atoms with E-state index in [2.05, 4.69) is 22.9 Å². The number of carbonyl (C=O) groups excluding carboxylic acids is 1. The van der Waals surface area contributed by atoms with E-state index in [1.54, 1.807) is 4.90 Å². The van der Waals surface area contributed by atoms with Crippen LogP contribution in [0.15, 0.2) is 0 Å². The summed E-state index contributed by atoms with van der Waals surface area (Å²) >= 11 is 3.57. The second-order valence-electron chi connectivity index (χ2n) is 5.32. The average molecular weight is 278 g/mol. The maximum atomic E-state index is 11.8. The van der Waals surface area contributed by atoms with Crippen LogP contribution in [0.4, 0.5) is 4.79 Å². The number of alkyl halides is 1. The van der Waals surface area contributed by atoms with E-state index < -0.39 is 5.60 Å². The van der Waals surface area contributed by atoms with E-state index in [1.165, 1.54) is 0 Å². The summed E-state index contributed by atoms with van der Waals surface area (Å²) in [6.45, 7) is 9.39. The number of amides is 1. The highest BCUT2D eigenvalue weighted by molar-refractivity contribution is 9.09. The van der Waals surface area contributed by atoms with Gasteiger partial charge in [-0.2, -0.15) is 0 Å². The number of rotatable bonds is 0. The molecule has 1 unspecified atom stereocenters. The molecule has 0 bridgehead atoms. The Balaban J connectivity index is 2.52. The molecule has 1 fully saturated rings. The van der Waals surface area contributed by atoms with Crippen LogP contribution < -0.4 is 0 Å². The van der Waals surface area contributed by atoms with Crippen LogP contribution in [-0.4, -0.2) is 34.5 Å². The molecule has 0 aliphatic carbocycles. The Labute approximate surface area is 100 Å². The topological polar surface area (TPSA) is 29.5 Å². The molecule has 4 heteroatoms. The van der Waals surface area contributed by atoms with Crippen molar-refractivity contribution in [3.8, 4) is 0 Å². The average Bonchev–Trinajstić information content (AvgIpc) is 1.98. The normalized spacial score (nSPS) is 27.7. The molecule has 0 radical (unpaired) electrons. The number of nitrogens with zero attached hydrogens (tertiary/aromatic N) is 1. The number of carbonyl (C=O) groups is 1. The highest BCUT2D eigenvalue weighted by Crippen LogP contribution is 2.23. The lowest BCUT2D eigenvalue weighted by atomic mass is 10.0. The summed E-state index contributed by atoms with van der Waals surface area (Å²) in [5.41, 5.74) is -0.403. The van der Waals surface area contributed by atoms with E-state index in [0.29, 0.717) is 10.7 Å². The van der Waals surface area contributed by atoms with Gasteiger partial charge < -0.3 is 9.64 Å². The van der Waals surface area contributed by atoms with E-state index in [-0.39, 0.29) is 6.09 Å². The number of likely N-dealkylation sites (tertiary alicyclic amines) is 1. The third-order valence-corrected chi connectivity index (χ3v) is 2.92. The Hall–Kier alpha value is -0.250. The van der Waals surface area contributed by atoms with E-state index in [0.717, 1.165) is 19.5 Å². The Morgan fingerprint density at radius 2 is 2.00 bits per heavy atom. The standard InChI is InChI=1S/C11H20BrNO2/c1-8-5-9(12)7-13(6-8)10(14)15-11(2,3)4/h8-9H,5-7H2,1-4H3/t8?,9-/m0/s1. The number of piperidine rings is 1. The molecule has 1 heterocycles. The molecule has 3 nitrogen and oxygen atoms in total. The highest BCUT2D eigenvalue weighted by atomic mass is 79.9. The van der Waals surface area contributed by atoms with Gasteiger partial charge in [0.25, 0.3) is 0 Å². The molecular weight excluding hydrogens is 258 g/mol. The Kier molecular flexibility index (Phi) is 4.04. The van der Waals surface area contributed by atoms with E-state index in [1.807, 2.05) is 20.8 Å². The van der Waals surface area contributed by atoms with E-state index >= 15 is 0 Å². The van der Waals surface area contributed by atoms with Gasteiger partial charge in [-0.25, -0.2) is 4.79 Å². The molecule has 0 aromatic heterocycles. The van der Waals surface area contributed by atoms with Crippen molar-refractivity contribution in [2.24, 2.45) is 5.92 Å². The zero-order valence-electron chi connectivity index (χ0n) is 9.92. The van der Waals surface area contributed by atoms with Gasteiger partial charge >= 0.3 is 6.09 Å². The van der Waals surface area contributed by atoms with Crippen LogP contribution in [0.1, 0.15) is 34.1 Å². The molecule has 0 N–H and O–H groups in total. The van der Waals surface area contributed by atoms with Crippen molar-refractivity contribution in [1.29, 1.82) is 0 Å². The summed E-state index contributed by atoms with van der Waals surface area (Å²) in [4.78, 5) is 14.0. The molecular formula is C11H20BrNO2. The molecule has 2 atom stereocenters. The van der Waals surface area contributed by atoms with Gasteiger partial charge in [0.1, 0.15) is 5.60 Å². The summed E-state index contributed by atoms with van der Waals surface area (Å²) in [6.07, 6.45) is 0.928. The number of halogens is 1. The van der Waals surface area contributed by atoms with Gasteiger partial charge in [0.15, 0.2) is 0 Å². The largest absolute Gasteiger partial charge is 0.444 e. The fourth-order valence-corrected chi connectivity index (χ4v) is 2.74. The SMILES string of the molecule is CC1C[C@H](Br)CN(C(=O)OC(C)(C)C)C1. The second kappa shape index (κ2) is 4.73. The molecule has 1 aliphatic rings. The molecule has 1 amide bonds. The van der Waals surface area contributed by atoms with Crippen LogP contribution in [0.25, 0.3) is 0 Å². The highest BCUT2D eigenvalue weighted by Gasteiger charge is 2.29. The van der Waals surface area contributed by atoms with Crippen molar-refractivity contribution in [3.63, 3.8) is 0 Å². The maximum absolute atomic E-state index is 11.8. The van der Waals surface area contributed by atoms with Crippen molar-refractivity contribution in [1.82, 2.24) is 4.90 Å². The van der Waals surface area contributed by atoms with Crippen molar-refractivity contribution in [3.05, 3.63) is 0 Å². The lowest BCUT2D eigenvalue weighted by molar-refractivity contribution is 0.0182. The number of hydrogen-bond donors (Lipinski definition) is 0. The minimum atomic E-state index is -0.403. The minimum Gasteiger partial charge on any atom is -0.444 e. The first-order valence-corrected chi connectivity index (χ1v) is 6.31. The maximum Gasteiger partial charge on any atom is 0.410 e. The molecule has 1 aliphatic heterocycles. The van der Waals surface area contributed by atoms with Crippen LogP contribution in [-0.2, 0) is 4.74 Å². The smallest absolute Gasteiger partial charge is 0.410 e. The van der Waals surface area contributed by atoms with E-state index in [4.69, 9.17) is 4.74 Å². The van der Waals surface area contributed by atoms with Crippen LogP contribution in [0.2, 0.25) is 0 Å². The molecule has 0 aromatic rings. The summed E-state index contributed by atoms with van der Waals surface area (Å²) in [5, 5.41) is 0. The summed E-state index contributed by atoms with van der Waals surface area (Å²) in [7, 11) is 0.